The number of benzene rings is 1. The van der Waals surface area contributed by atoms with Crippen molar-refractivity contribution >= 4 is 35.8 Å². The first-order valence-electron chi connectivity index (χ1n) is 7.27. The summed E-state index contributed by atoms with van der Waals surface area (Å²) < 4.78 is 36.1. The standard InChI is InChI=1S/C15H21F3N4O.HI/c1-19-14(22-11-8-15(16,17)18)21-10-5-9-20-13(23)12-6-3-2-4-7-12;/h2-4,6-7H,5,8-11H2,1H3,(H,20,23)(H2,19,21,22);1H. The molecule has 9 heteroatoms. The molecule has 0 saturated carbocycles. The van der Waals surface area contributed by atoms with Crippen molar-refractivity contribution in [3.05, 3.63) is 35.9 Å². The second-order valence-electron chi connectivity index (χ2n) is 4.77. The van der Waals surface area contributed by atoms with Gasteiger partial charge >= 0.3 is 6.18 Å². The molecule has 0 aliphatic rings. The van der Waals surface area contributed by atoms with Gasteiger partial charge in [0, 0.05) is 32.2 Å². The van der Waals surface area contributed by atoms with Crippen LogP contribution in [0.2, 0.25) is 0 Å². The lowest BCUT2D eigenvalue weighted by Gasteiger charge is -2.13. The third kappa shape index (κ3) is 10.3. The number of nitrogens with zero attached hydrogens (tertiary/aromatic N) is 1. The van der Waals surface area contributed by atoms with E-state index in [0.717, 1.165) is 0 Å². The van der Waals surface area contributed by atoms with E-state index in [1.54, 1.807) is 24.3 Å². The molecule has 1 rings (SSSR count). The molecule has 0 radical (unpaired) electrons. The minimum atomic E-state index is -4.19. The molecule has 1 amide bonds. The van der Waals surface area contributed by atoms with Gasteiger partial charge in [-0.2, -0.15) is 13.2 Å². The predicted molar refractivity (Wildman–Crippen MR) is 98.8 cm³/mol. The molecule has 0 atom stereocenters. The second kappa shape index (κ2) is 11.9. The van der Waals surface area contributed by atoms with Gasteiger partial charge in [0.2, 0.25) is 0 Å². The highest BCUT2D eigenvalue weighted by molar-refractivity contribution is 14.0. The van der Waals surface area contributed by atoms with Gasteiger partial charge in [0.25, 0.3) is 5.91 Å². The van der Waals surface area contributed by atoms with Crippen molar-refractivity contribution in [1.29, 1.82) is 0 Å². The summed E-state index contributed by atoms with van der Waals surface area (Å²) in [6.07, 6.45) is -4.48. The molecular formula is C15H22F3IN4O. The highest BCUT2D eigenvalue weighted by Gasteiger charge is 2.26. The smallest absolute Gasteiger partial charge is 0.356 e. The molecular weight excluding hydrogens is 436 g/mol. The van der Waals surface area contributed by atoms with Gasteiger partial charge in [0.1, 0.15) is 0 Å². The van der Waals surface area contributed by atoms with Crippen LogP contribution < -0.4 is 16.0 Å². The molecule has 0 bridgehead atoms. The third-order valence-corrected chi connectivity index (χ3v) is 2.89. The highest BCUT2D eigenvalue weighted by atomic mass is 127. The number of aliphatic imine (C=N–C) groups is 1. The molecule has 1 aromatic carbocycles. The Labute approximate surface area is 156 Å². The van der Waals surface area contributed by atoms with Gasteiger partial charge in [-0.25, -0.2) is 0 Å². The number of carbonyl (C=O) groups excluding carboxylic acids is 1. The van der Waals surface area contributed by atoms with Crippen molar-refractivity contribution in [2.75, 3.05) is 26.7 Å². The zero-order valence-electron chi connectivity index (χ0n) is 13.3. The monoisotopic (exact) mass is 458 g/mol. The first-order chi connectivity index (χ1) is 10.9. The maximum Gasteiger partial charge on any atom is 0.390 e. The molecule has 3 N–H and O–H groups in total. The molecule has 0 fully saturated rings. The number of rotatable bonds is 7. The maximum absolute atomic E-state index is 12.0. The Balaban J connectivity index is 0.00000529. The van der Waals surface area contributed by atoms with Crippen LogP contribution >= 0.6 is 24.0 Å². The van der Waals surface area contributed by atoms with Crippen LogP contribution in [0.15, 0.2) is 35.3 Å². The van der Waals surface area contributed by atoms with E-state index < -0.39 is 12.6 Å². The average Bonchev–Trinajstić information content (AvgIpc) is 2.52. The van der Waals surface area contributed by atoms with Gasteiger partial charge in [0.05, 0.1) is 6.42 Å². The van der Waals surface area contributed by atoms with E-state index >= 15 is 0 Å². The van der Waals surface area contributed by atoms with Crippen LogP contribution in [0.4, 0.5) is 13.2 Å². The fraction of sp³-hybridized carbons (Fsp3) is 0.467. The lowest BCUT2D eigenvalue weighted by atomic mass is 10.2. The van der Waals surface area contributed by atoms with Crippen molar-refractivity contribution in [3.63, 3.8) is 0 Å². The van der Waals surface area contributed by atoms with Crippen molar-refractivity contribution in [1.82, 2.24) is 16.0 Å². The summed E-state index contributed by atoms with van der Waals surface area (Å²) in [7, 11) is 1.49. The Morgan fingerprint density at radius 2 is 1.62 bits per heavy atom. The summed E-state index contributed by atoms with van der Waals surface area (Å²) in [4.78, 5) is 15.6. The zero-order valence-corrected chi connectivity index (χ0v) is 15.7. The van der Waals surface area contributed by atoms with E-state index in [2.05, 4.69) is 20.9 Å². The van der Waals surface area contributed by atoms with E-state index in [1.807, 2.05) is 6.07 Å². The van der Waals surface area contributed by atoms with Crippen LogP contribution in [0.5, 0.6) is 0 Å². The molecule has 0 aliphatic heterocycles. The van der Waals surface area contributed by atoms with Crippen LogP contribution in [0.3, 0.4) is 0 Å². The van der Waals surface area contributed by atoms with Crippen LogP contribution in [0.1, 0.15) is 23.2 Å². The van der Waals surface area contributed by atoms with Crippen LogP contribution in [0.25, 0.3) is 0 Å². The Kier molecular flexibility index (Phi) is 11.2. The van der Waals surface area contributed by atoms with Gasteiger partial charge in [-0.15, -0.1) is 24.0 Å². The van der Waals surface area contributed by atoms with E-state index in [-0.39, 0.29) is 36.4 Å². The molecule has 24 heavy (non-hydrogen) atoms. The summed E-state index contributed by atoms with van der Waals surface area (Å²) in [5.41, 5.74) is 0.588. The molecule has 5 nitrogen and oxygen atoms in total. The molecule has 0 aliphatic carbocycles. The van der Waals surface area contributed by atoms with Gasteiger partial charge in [-0.3, -0.25) is 9.79 Å². The molecule has 0 aromatic heterocycles. The normalized spacial score (nSPS) is 11.4. The molecule has 0 unspecified atom stereocenters. The number of hydrogen-bond donors (Lipinski definition) is 3. The molecule has 136 valence electrons. The zero-order chi connectivity index (χ0) is 17.1. The number of nitrogens with one attached hydrogen (secondary N) is 3. The lowest BCUT2D eigenvalue weighted by Crippen LogP contribution is -2.40. The van der Waals surface area contributed by atoms with Crippen LogP contribution in [-0.2, 0) is 0 Å². The van der Waals surface area contributed by atoms with Crippen molar-refractivity contribution in [3.8, 4) is 0 Å². The van der Waals surface area contributed by atoms with E-state index in [4.69, 9.17) is 0 Å². The first kappa shape index (κ1) is 22.5. The van der Waals surface area contributed by atoms with E-state index in [0.29, 0.717) is 31.0 Å². The minimum absolute atomic E-state index is 0. The Bertz CT molecular complexity index is 509. The molecule has 0 saturated heterocycles. The summed E-state index contributed by atoms with van der Waals surface area (Å²) in [6, 6.07) is 8.85. The number of hydrogen-bond acceptors (Lipinski definition) is 2. The maximum atomic E-state index is 12.0. The third-order valence-electron chi connectivity index (χ3n) is 2.89. The fourth-order valence-electron chi connectivity index (χ4n) is 1.73. The summed E-state index contributed by atoms with van der Waals surface area (Å²) in [6.45, 7) is 0.717. The van der Waals surface area contributed by atoms with Crippen LogP contribution in [-0.4, -0.2) is 44.7 Å². The predicted octanol–water partition coefficient (Wildman–Crippen LogP) is 2.54. The minimum Gasteiger partial charge on any atom is -0.356 e. The molecule has 0 heterocycles. The van der Waals surface area contributed by atoms with Gasteiger partial charge in [-0.05, 0) is 18.6 Å². The van der Waals surface area contributed by atoms with Crippen LogP contribution in [0, 0.1) is 0 Å². The quantitative estimate of drug-likeness (QED) is 0.255. The number of amides is 1. The first-order valence-corrected chi connectivity index (χ1v) is 7.27. The summed E-state index contributed by atoms with van der Waals surface area (Å²) in [5.74, 6) is 0.155. The van der Waals surface area contributed by atoms with Crippen molar-refractivity contribution in [2.24, 2.45) is 4.99 Å². The Morgan fingerprint density at radius 3 is 2.21 bits per heavy atom. The van der Waals surface area contributed by atoms with Crippen molar-refractivity contribution in [2.45, 2.75) is 19.0 Å². The summed E-state index contributed by atoms with van der Waals surface area (Å²) in [5, 5.41) is 8.24. The van der Waals surface area contributed by atoms with Crippen molar-refractivity contribution < 1.29 is 18.0 Å². The Morgan fingerprint density at radius 1 is 1.04 bits per heavy atom. The largest absolute Gasteiger partial charge is 0.390 e. The lowest BCUT2D eigenvalue weighted by molar-refractivity contribution is -0.132. The van der Waals surface area contributed by atoms with E-state index in [9.17, 15) is 18.0 Å². The Hall–Kier alpha value is -1.52. The highest BCUT2D eigenvalue weighted by Crippen LogP contribution is 2.17. The number of carbonyl (C=O) groups is 1. The number of halogens is 4. The SMILES string of the molecule is CN=C(NCCCNC(=O)c1ccccc1)NCCC(F)(F)F.I. The molecule has 0 spiro atoms. The average molecular weight is 458 g/mol. The number of alkyl halides is 3. The van der Waals surface area contributed by atoms with Gasteiger partial charge in [0.15, 0.2) is 5.96 Å². The van der Waals surface area contributed by atoms with Gasteiger partial charge < -0.3 is 16.0 Å². The van der Waals surface area contributed by atoms with E-state index in [1.165, 1.54) is 7.05 Å². The summed E-state index contributed by atoms with van der Waals surface area (Å²) >= 11 is 0. The number of guanidine groups is 1. The topological polar surface area (TPSA) is 65.5 Å². The van der Waals surface area contributed by atoms with Gasteiger partial charge in [-0.1, -0.05) is 18.2 Å². The fourth-order valence-corrected chi connectivity index (χ4v) is 1.73. The molecule has 1 aromatic rings. The second-order valence-corrected chi connectivity index (χ2v) is 4.77.